The van der Waals surface area contributed by atoms with E-state index in [0.29, 0.717) is 12.0 Å². The van der Waals surface area contributed by atoms with E-state index < -0.39 is 0 Å². The van der Waals surface area contributed by atoms with Gasteiger partial charge in [0.25, 0.3) is 0 Å². The molecule has 2 rings (SSSR count). The molecule has 0 aromatic carbocycles. The first-order chi connectivity index (χ1) is 6.47. The molecule has 0 spiro atoms. The highest BCUT2D eigenvalue weighted by molar-refractivity contribution is 5.77. The van der Waals surface area contributed by atoms with Gasteiger partial charge in [-0.15, -0.1) is 0 Å². The second-order valence-electron chi connectivity index (χ2n) is 5.55. The second-order valence-corrected chi connectivity index (χ2v) is 5.55. The summed E-state index contributed by atoms with van der Waals surface area (Å²) in [4.78, 5) is 13.7. The maximum Gasteiger partial charge on any atom is 0.220 e. The van der Waals surface area contributed by atoms with Crippen LogP contribution in [0.3, 0.4) is 0 Å². The SMILES string of the molecule is CC(C)(C)N1CC2CCC(=O)NC2C1. The molecule has 2 atom stereocenters. The van der Waals surface area contributed by atoms with Gasteiger partial charge in [-0.3, -0.25) is 9.69 Å². The number of amides is 1. The summed E-state index contributed by atoms with van der Waals surface area (Å²) in [7, 11) is 0. The van der Waals surface area contributed by atoms with Crippen LogP contribution in [0.2, 0.25) is 0 Å². The van der Waals surface area contributed by atoms with Gasteiger partial charge in [-0.25, -0.2) is 0 Å². The zero-order valence-corrected chi connectivity index (χ0v) is 9.34. The van der Waals surface area contributed by atoms with Crippen molar-refractivity contribution in [3.8, 4) is 0 Å². The highest BCUT2D eigenvalue weighted by Gasteiger charge is 2.40. The van der Waals surface area contributed by atoms with Gasteiger partial charge >= 0.3 is 0 Å². The minimum Gasteiger partial charge on any atom is -0.352 e. The summed E-state index contributed by atoms with van der Waals surface area (Å²) >= 11 is 0. The maximum atomic E-state index is 11.2. The lowest BCUT2D eigenvalue weighted by atomic mass is 9.94. The van der Waals surface area contributed by atoms with Crippen molar-refractivity contribution in [3.05, 3.63) is 0 Å². The molecular formula is C11H20N2O. The van der Waals surface area contributed by atoms with Crippen molar-refractivity contribution in [2.45, 2.75) is 45.2 Å². The Morgan fingerprint density at radius 1 is 1.36 bits per heavy atom. The van der Waals surface area contributed by atoms with Crippen LogP contribution in [0, 0.1) is 5.92 Å². The zero-order chi connectivity index (χ0) is 10.3. The van der Waals surface area contributed by atoms with Crippen LogP contribution in [0.5, 0.6) is 0 Å². The number of rotatable bonds is 0. The Kier molecular flexibility index (Phi) is 2.30. The fourth-order valence-electron chi connectivity index (χ4n) is 2.47. The fraction of sp³-hybridized carbons (Fsp3) is 0.909. The number of likely N-dealkylation sites (tertiary alicyclic amines) is 1. The molecule has 1 N–H and O–H groups in total. The smallest absolute Gasteiger partial charge is 0.220 e. The van der Waals surface area contributed by atoms with E-state index >= 15 is 0 Å². The molecule has 2 aliphatic heterocycles. The Morgan fingerprint density at radius 3 is 2.71 bits per heavy atom. The van der Waals surface area contributed by atoms with Gasteiger partial charge in [0.15, 0.2) is 0 Å². The lowest BCUT2D eigenvalue weighted by Crippen LogP contribution is -2.45. The highest BCUT2D eigenvalue weighted by Crippen LogP contribution is 2.29. The average Bonchev–Trinajstić information content (AvgIpc) is 2.45. The maximum absolute atomic E-state index is 11.2. The normalized spacial score (nSPS) is 34.1. The van der Waals surface area contributed by atoms with Gasteiger partial charge < -0.3 is 5.32 Å². The predicted octanol–water partition coefficient (Wildman–Crippen LogP) is 0.995. The van der Waals surface area contributed by atoms with E-state index in [1.165, 1.54) is 0 Å². The van der Waals surface area contributed by atoms with Crippen molar-refractivity contribution in [1.29, 1.82) is 0 Å². The van der Waals surface area contributed by atoms with Crippen molar-refractivity contribution in [3.63, 3.8) is 0 Å². The topological polar surface area (TPSA) is 32.3 Å². The summed E-state index contributed by atoms with van der Waals surface area (Å²) in [5.74, 6) is 0.925. The Morgan fingerprint density at radius 2 is 2.07 bits per heavy atom. The molecule has 1 amide bonds. The summed E-state index contributed by atoms with van der Waals surface area (Å²) in [6.07, 6.45) is 1.79. The molecule has 14 heavy (non-hydrogen) atoms. The molecule has 2 heterocycles. The Balaban J connectivity index is 2.02. The monoisotopic (exact) mass is 196 g/mol. The van der Waals surface area contributed by atoms with Crippen molar-refractivity contribution in [2.75, 3.05) is 13.1 Å². The number of nitrogens with one attached hydrogen (secondary N) is 1. The molecule has 0 bridgehead atoms. The minimum atomic E-state index is 0.238. The lowest BCUT2D eigenvalue weighted by Gasteiger charge is -2.31. The van der Waals surface area contributed by atoms with Crippen molar-refractivity contribution in [2.24, 2.45) is 5.92 Å². The van der Waals surface area contributed by atoms with E-state index in [1.54, 1.807) is 0 Å². The van der Waals surface area contributed by atoms with E-state index in [0.717, 1.165) is 25.9 Å². The van der Waals surface area contributed by atoms with Crippen LogP contribution in [0.1, 0.15) is 33.6 Å². The Labute approximate surface area is 85.8 Å². The number of carbonyl (C=O) groups is 1. The third kappa shape index (κ3) is 1.78. The molecule has 80 valence electrons. The molecular weight excluding hydrogens is 176 g/mol. The number of carbonyl (C=O) groups excluding carboxylic acids is 1. The first-order valence-corrected chi connectivity index (χ1v) is 5.51. The largest absolute Gasteiger partial charge is 0.352 e. The van der Waals surface area contributed by atoms with Gasteiger partial charge in [0, 0.05) is 31.1 Å². The van der Waals surface area contributed by atoms with Gasteiger partial charge in [0.05, 0.1) is 0 Å². The number of hydrogen-bond acceptors (Lipinski definition) is 2. The highest BCUT2D eigenvalue weighted by atomic mass is 16.1. The Hall–Kier alpha value is -0.570. The van der Waals surface area contributed by atoms with Crippen LogP contribution >= 0.6 is 0 Å². The number of fused-ring (bicyclic) bond motifs is 1. The van der Waals surface area contributed by atoms with E-state index in [2.05, 4.69) is 31.0 Å². The molecule has 0 aromatic rings. The summed E-state index contributed by atoms with van der Waals surface area (Å²) in [5, 5.41) is 3.10. The molecule has 3 nitrogen and oxygen atoms in total. The molecule has 2 saturated heterocycles. The first kappa shape index (κ1) is 9.97. The third-order valence-electron chi connectivity index (χ3n) is 3.48. The Bertz CT molecular complexity index is 244. The minimum absolute atomic E-state index is 0.238. The summed E-state index contributed by atoms with van der Waals surface area (Å²) in [5.41, 5.74) is 0.238. The van der Waals surface area contributed by atoms with E-state index in [9.17, 15) is 4.79 Å². The van der Waals surface area contributed by atoms with Gasteiger partial charge in [-0.05, 0) is 33.1 Å². The average molecular weight is 196 g/mol. The second kappa shape index (κ2) is 3.23. The third-order valence-corrected chi connectivity index (χ3v) is 3.48. The van der Waals surface area contributed by atoms with Crippen LogP contribution in [-0.4, -0.2) is 35.5 Å². The van der Waals surface area contributed by atoms with Crippen LogP contribution in [0.15, 0.2) is 0 Å². The van der Waals surface area contributed by atoms with Crippen molar-refractivity contribution < 1.29 is 4.79 Å². The van der Waals surface area contributed by atoms with E-state index in [-0.39, 0.29) is 11.4 Å². The van der Waals surface area contributed by atoms with Gasteiger partial charge in [0.1, 0.15) is 0 Å². The van der Waals surface area contributed by atoms with Crippen molar-refractivity contribution in [1.82, 2.24) is 10.2 Å². The van der Waals surface area contributed by atoms with Gasteiger partial charge in [-0.2, -0.15) is 0 Å². The molecule has 0 aliphatic carbocycles. The predicted molar refractivity (Wildman–Crippen MR) is 56.0 cm³/mol. The van der Waals surface area contributed by atoms with Gasteiger partial charge in [0.2, 0.25) is 5.91 Å². The van der Waals surface area contributed by atoms with Crippen molar-refractivity contribution >= 4 is 5.91 Å². The first-order valence-electron chi connectivity index (χ1n) is 5.51. The molecule has 2 unspecified atom stereocenters. The van der Waals surface area contributed by atoms with Crippen LogP contribution in [0.25, 0.3) is 0 Å². The molecule has 0 aromatic heterocycles. The number of hydrogen-bond donors (Lipinski definition) is 1. The number of nitrogens with zero attached hydrogens (tertiary/aromatic N) is 1. The van der Waals surface area contributed by atoms with E-state index in [4.69, 9.17) is 0 Å². The summed E-state index contributed by atoms with van der Waals surface area (Å²) in [6.45, 7) is 8.90. The fourth-order valence-corrected chi connectivity index (χ4v) is 2.47. The standard InChI is InChI=1S/C11H20N2O/c1-11(2,3)13-6-8-4-5-10(14)12-9(8)7-13/h8-9H,4-7H2,1-3H3,(H,12,14). The van der Waals surface area contributed by atoms with Crippen LogP contribution in [-0.2, 0) is 4.79 Å². The van der Waals surface area contributed by atoms with Crippen LogP contribution < -0.4 is 5.32 Å². The summed E-state index contributed by atoms with van der Waals surface area (Å²) < 4.78 is 0. The quantitative estimate of drug-likeness (QED) is 0.627. The van der Waals surface area contributed by atoms with Crippen LogP contribution in [0.4, 0.5) is 0 Å². The number of piperidine rings is 1. The molecule has 0 radical (unpaired) electrons. The lowest BCUT2D eigenvalue weighted by molar-refractivity contribution is -0.123. The molecule has 2 fully saturated rings. The molecule has 3 heteroatoms. The van der Waals surface area contributed by atoms with Gasteiger partial charge in [-0.1, -0.05) is 0 Å². The summed E-state index contributed by atoms with van der Waals surface area (Å²) in [6, 6.07) is 0.412. The van der Waals surface area contributed by atoms with E-state index in [1.807, 2.05) is 0 Å². The molecule has 0 saturated carbocycles. The molecule has 2 aliphatic rings. The zero-order valence-electron chi connectivity index (χ0n) is 9.34.